The molecule has 3 unspecified atom stereocenters. The molecule has 4 nitrogen and oxygen atoms in total. The molecule has 1 aliphatic carbocycles. The van der Waals surface area contributed by atoms with E-state index in [2.05, 4.69) is 26.1 Å². The second-order valence-corrected chi connectivity index (χ2v) is 8.29. The summed E-state index contributed by atoms with van der Waals surface area (Å²) in [7, 11) is 1.80. The van der Waals surface area contributed by atoms with Crippen LogP contribution in [0.5, 0.6) is 0 Å². The average molecular weight is 312 g/mol. The topological polar surface area (TPSA) is 41.6 Å². The minimum Gasteiger partial charge on any atom is -0.444 e. The van der Waals surface area contributed by atoms with Crippen LogP contribution in [0.3, 0.4) is 0 Å². The Bertz CT molecular complexity index is 349. The maximum Gasteiger partial charge on any atom is 0.410 e. The third kappa shape index (κ3) is 6.55. The first-order chi connectivity index (χ1) is 10.1. The largest absolute Gasteiger partial charge is 0.444 e. The van der Waals surface area contributed by atoms with Gasteiger partial charge in [-0.2, -0.15) is 0 Å². The van der Waals surface area contributed by atoms with Crippen LogP contribution < -0.4 is 5.32 Å². The number of carbonyl (C=O) groups excluding carboxylic acids is 1. The number of ether oxygens (including phenoxy) is 1. The molecule has 1 rings (SSSR count). The molecule has 1 fully saturated rings. The number of carbonyl (C=O) groups is 1. The fourth-order valence-corrected chi connectivity index (χ4v) is 3.29. The summed E-state index contributed by atoms with van der Waals surface area (Å²) in [5.41, 5.74) is -0.430. The maximum atomic E-state index is 11.9. The molecular formula is C18H36N2O2. The second-order valence-electron chi connectivity index (χ2n) is 8.29. The lowest BCUT2D eigenvalue weighted by molar-refractivity contribution is 0.0296. The van der Waals surface area contributed by atoms with Crippen molar-refractivity contribution in [2.75, 3.05) is 20.1 Å². The van der Waals surface area contributed by atoms with Gasteiger partial charge < -0.3 is 15.0 Å². The van der Waals surface area contributed by atoms with Crippen molar-refractivity contribution < 1.29 is 9.53 Å². The maximum absolute atomic E-state index is 11.9. The minimum atomic E-state index is -0.430. The van der Waals surface area contributed by atoms with Gasteiger partial charge in [0.05, 0.1) is 0 Å². The molecule has 1 aliphatic rings. The third-order valence-corrected chi connectivity index (χ3v) is 4.58. The fourth-order valence-electron chi connectivity index (χ4n) is 3.29. The van der Waals surface area contributed by atoms with Gasteiger partial charge >= 0.3 is 6.09 Å². The number of likely N-dealkylation sites (N-methyl/N-ethyl adjacent to an activating group) is 1. The van der Waals surface area contributed by atoms with Gasteiger partial charge in [0.25, 0.3) is 0 Å². The molecule has 0 aliphatic heterocycles. The Balaban J connectivity index is 2.39. The predicted molar refractivity (Wildman–Crippen MR) is 92.0 cm³/mol. The van der Waals surface area contributed by atoms with Gasteiger partial charge in [0, 0.05) is 26.2 Å². The van der Waals surface area contributed by atoms with Crippen LogP contribution in [0.1, 0.15) is 60.8 Å². The molecule has 1 amide bonds. The number of amides is 1. The van der Waals surface area contributed by atoms with E-state index < -0.39 is 5.60 Å². The van der Waals surface area contributed by atoms with Crippen LogP contribution in [0, 0.1) is 17.8 Å². The van der Waals surface area contributed by atoms with Crippen LogP contribution in [0.15, 0.2) is 0 Å². The van der Waals surface area contributed by atoms with Crippen LogP contribution >= 0.6 is 0 Å². The molecule has 22 heavy (non-hydrogen) atoms. The van der Waals surface area contributed by atoms with Gasteiger partial charge in [-0.05, 0) is 51.4 Å². The van der Waals surface area contributed by atoms with Crippen molar-refractivity contribution in [3.05, 3.63) is 0 Å². The molecule has 0 aromatic heterocycles. The molecule has 0 spiro atoms. The molecule has 0 heterocycles. The third-order valence-electron chi connectivity index (χ3n) is 4.58. The van der Waals surface area contributed by atoms with Crippen LogP contribution in [0.25, 0.3) is 0 Å². The molecule has 0 bridgehead atoms. The smallest absolute Gasteiger partial charge is 0.410 e. The lowest BCUT2D eigenvalue weighted by atomic mass is 9.74. The number of nitrogens with zero attached hydrogens (tertiary/aromatic N) is 1. The van der Waals surface area contributed by atoms with E-state index in [1.807, 2.05) is 20.8 Å². The lowest BCUT2D eigenvalue weighted by Gasteiger charge is -2.38. The van der Waals surface area contributed by atoms with E-state index in [1.54, 1.807) is 11.9 Å². The van der Waals surface area contributed by atoms with E-state index in [0.29, 0.717) is 18.5 Å². The van der Waals surface area contributed by atoms with Crippen LogP contribution in [0.2, 0.25) is 0 Å². The molecule has 0 aromatic carbocycles. The van der Waals surface area contributed by atoms with E-state index in [0.717, 1.165) is 18.4 Å². The Morgan fingerprint density at radius 2 is 1.95 bits per heavy atom. The highest BCUT2D eigenvalue weighted by Crippen LogP contribution is 2.33. The van der Waals surface area contributed by atoms with Crippen LogP contribution in [-0.2, 0) is 4.74 Å². The molecule has 0 saturated heterocycles. The first kappa shape index (κ1) is 19.3. The van der Waals surface area contributed by atoms with Crippen molar-refractivity contribution in [1.82, 2.24) is 10.2 Å². The lowest BCUT2D eigenvalue weighted by Crippen LogP contribution is -2.46. The molecule has 130 valence electrons. The van der Waals surface area contributed by atoms with Crippen LogP contribution in [0.4, 0.5) is 4.79 Å². The number of hydrogen-bond acceptors (Lipinski definition) is 3. The van der Waals surface area contributed by atoms with E-state index in [9.17, 15) is 4.79 Å². The zero-order chi connectivity index (χ0) is 16.9. The first-order valence-corrected chi connectivity index (χ1v) is 8.77. The summed E-state index contributed by atoms with van der Waals surface area (Å²) >= 11 is 0. The number of rotatable bonds is 5. The monoisotopic (exact) mass is 312 g/mol. The van der Waals surface area contributed by atoms with Gasteiger partial charge in [-0.1, -0.05) is 27.2 Å². The van der Waals surface area contributed by atoms with Crippen molar-refractivity contribution in [3.8, 4) is 0 Å². The van der Waals surface area contributed by atoms with Gasteiger partial charge in [0.1, 0.15) is 5.60 Å². The van der Waals surface area contributed by atoms with Gasteiger partial charge in [-0.15, -0.1) is 0 Å². The van der Waals surface area contributed by atoms with Crippen molar-refractivity contribution in [1.29, 1.82) is 0 Å². The molecule has 3 atom stereocenters. The highest BCUT2D eigenvalue weighted by atomic mass is 16.6. The molecule has 0 aromatic rings. The van der Waals surface area contributed by atoms with Gasteiger partial charge in [0.15, 0.2) is 0 Å². The first-order valence-electron chi connectivity index (χ1n) is 8.77. The number of nitrogens with one attached hydrogen (secondary N) is 1. The van der Waals surface area contributed by atoms with Gasteiger partial charge in [-0.25, -0.2) is 4.79 Å². The zero-order valence-electron chi connectivity index (χ0n) is 15.6. The minimum absolute atomic E-state index is 0.244. The summed E-state index contributed by atoms with van der Waals surface area (Å²) in [6, 6.07) is 0.579. The standard InChI is InChI=1S/C18H36N2O2/c1-13(2)15-9-8-14(3)12-16(15)19-10-11-20(7)17(21)22-18(4,5)6/h13-16,19H,8-12H2,1-7H3. The van der Waals surface area contributed by atoms with Crippen LogP contribution in [-0.4, -0.2) is 42.8 Å². The quantitative estimate of drug-likeness (QED) is 0.837. The Kier molecular flexibility index (Phi) is 7.17. The van der Waals surface area contributed by atoms with E-state index in [1.165, 1.54) is 19.3 Å². The summed E-state index contributed by atoms with van der Waals surface area (Å²) in [5.74, 6) is 2.27. The highest BCUT2D eigenvalue weighted by Gasteiger charge is 2.30. The summed E-state index contributed by atoms with van der Waals surface area (Å²) in [6.45, 7) is 14.2. The normalized spacial score (nSPS) is 26.1. The van der Waals surface area contributed by atoms with Crippen molar-refractivity contribution in [2.24, 2.45) is 17.8 Å². The van der Waals surface area contributed by atoms with E-state index >= 15 is 0 Å². The Morgan fingerprint density at radius 1 is 1.32 bits per heavy atom. The van der Waals surface area contributed by atoms with Crippen molar-refractivity contribution in [2.45, 2.75) is 72.4 Å². The Labute approximate surface area is 137 Å². The molecule has 1 saturated carbocycles. The second kappa shape index (κ2) is 8.19. The molecule has 0 radical (unpaired) electrons. The van der Waals surface area contributed by atoms with E-state index in [-0.39, 0.29) is 6.09 Å². The predicted octanol–water partition coefficient (Wildman–Crippen LogP) is 3.90. The fraction of sp³-hybridized carbons (Fsp3) is 0.944. The van der Waals surface area contributed by atoms with Crippen molar-refractivity contribution in [3.63, 3.8) is 0 Å². The van der Waals surface area contributed by atoms with Gasteiger partial charge in [0.2, 0.25) is 0 Å². The SMILES string of the molecule is CC1CCC(C(C)C)C(NCCN(C)C(=O)OC(C)(C)C)C1. The summed E-state index contributed by atoms with van der Waals surface area (Å²) in [6.07, 6.45) is 3.67. The Morgan fingerprint density at radius 3 is 2.50 bits per heavy atom. The Hall–Kier alpha value is -0.770. The zero-order valence-corrected chi connectivity index (χ0v) is 15.6. The van der Waals surface area contributed by atoms with Gasteiger partial charge in [-0.3, -0.25) is 0 Å². The highest BCUT2D eigenvalue weighted by molar-refractivity contribution is 5.67. The molecule has 1 N–H and O–H groups in total. The summed E-state index contributed by atoms with van der Waals surface area (Å²) < 4.78 is 5.38. The molecular weight excluding hydrogens is 276 g/mol. The van der Waals surface area contributed by atoms with E-state index in [4.69, 9.17) is 4.74 Å². The summed E-state index contributed by atoms with van der Waals surface area (Å²) in [5, 5.41) is 3.68. The number of hydrogen-bond donors (Lipinski definition) is 1. The summed E-state index contributed by atoms with van der Waals surface area (Å²) in [4.78, 5) is 13.6. The van der Waals surface area contributed by atoms with Crippen molar-refractivity contribution >= 4 is 6.09 Å². The average Bonchev–Trinajstić information content (AvgIpc) is 2.36. The molecule has 4 heteroatoms.